The Balaban J connectivity index is 1.60. The number of ether oxygens (including phenoxy) is 1. The molecule has 0 bridgehead atoms. The molecule has 1 saturated heterocycles. The lowest BCUT2D eigenvalue weighted by Gasteiger charge is -2.35. The minimum Gasteiger partial charge on any atom is -0.379 e. The zero-order valence-electron chi connectivity index (χ0n) is 15.5. The van der Waals surface area contributed by atoms with E-state index in [-0.39, 0.29) is 36.2 Å². The van der Waals surface area contributed by atoms with Crippen molar-refractivity contribution >= 4 is 5.91 Å². The number of hydrogen-bond acceptors (Lipinski definition) is 3. The van der Waals surface area contributed by atoms with Crippen molar-refractivity contribution in [3.05, 3.63) is 71.0 Å². The van der Waals surface area contributed by atoms with Crippen molar-refractivity contribution in [1.29, 1.82) is 0 Å². The summed E-state index contributed by atoms with van der Waals surface area (Å²) in [5.41, 5.74) is 0.948. The fraction of sp³-hybridized carbons (Fsp3) is 0.381. The fourth-order valence-corrected chi connectivity index (χ4v) is 3.34. The Morgan fingerprint density at radius 3 is 2.57 bits per heavy atom. The van der Waals surface area contributed by atoms with Gasteiger partial charge in [0.1, 0.15) is 17.5 Å². The Hall–Kier alpha value is -2.38. The molecular weight excluding hydrogens is 369 g/mol. The maximum atomic E-state index is 13.7. The van der Waals surface area contributed by atoms with Gasteiger partial charge < -0.3 is 10.1 Å². The van der Waals surface area contributed by atoms with Crippen molar-refractivity contribution in [2.24, 2.45) is 0 Å². The molecule has 150 valence electrons. The summed E-state index contributed by atoms with van der Waals surface area (Å²) in [6.45, 7) is 2.84. The van der Waals surface area contributed by atoms with Gasteiger partial charge in [0.15, 0.2) is 0 Å². The van der Waals surface area contributed by atoms with Crippen LogP contribution >= 0.6 is 0 Å². The number of aryl methyl sites for hydroxylation is 1. The van der Waals surface area contributed by atoms with Gasteiger partial charge in [-0.25, -0.2) is 13.2 Å². The predicted octanol–water partition coefficient (Wildman–Crippen LogP) is 3.23. The van der Waals surface area contributed by atoms with Gasteiger partial charge in [-0.2, -0.15) is 0 Å². The zero-order valence-corrected chi connectivity index (χ0v) is 15.5. The molecule has 1 heterocycles. The minimum atomic E-state index is -0.532. The van der Waals surface area contributed by atoms with E-state index >= 15 is 0 Å². The lowest BCUT2D eigenvalue weighted by atomic mass is 10.0. The predicted molar refractivity (Wildman–Crippen MR) is 99.2 cm³/mol. The Labute approximate surface area is 162 Å². The number of morpholine rings is 1. The summed E-state index contributed by atoms with van der Waals surface area (Å²) < 4.78 is 46.0. The number of nitrogens with one attached hydrogen (secondary N) is 1. The second-order valence-corrected chi connectivity index (χ2v) is 6.76. The zero-order chi connectivity index (χ0) is 19.9. The lowest BCUT2D eigenvalue weighted by molar-refractivity contribution is -0.121. The third kappa shape index (κ3) is 5.56. The van der Waals surface area contributed by atoms with Gasteiger partial charge >= 0.3 is 0 Å². The van der Waals surface area contributed by atoms with E-state index in [1.54, 1.807) is 6.07 Å². The summed E-state index contributed by atoms with van der Waals surface area (Å²) >= 11 is 0. The first-order valence-corrected chi connectivity index (χ1v) is 9.31. The van der Waals surface area contributed by atoms with E-state index in [9.17, 15) is 18.0 Å². The molecule has 0 radical (unpaired) electrons. The van der Waals surface area contributed by atoms with Crippen LogP contribution in [0.1, 0.15) is 23.6 Å². The van der Waals surface area contributed by atoms with Gasteiger partial charge in [0.05, 0.1) is 19.3 Å². The fourth-order valence-electron chi connectivity index (χ4n) is 3.34. The van der Waals surface area contributed by atoms with Crippen LogP contribution in [0.5, 0.6) is 0 Å². The molecule has 3 rings (SSSR count). The molecule has 1 amide bonds. The van der Waals surface area contributed by atoms with Crippen molar-refractivity contribution < 1.29 is 22.7 Å². The first-order chi connectivity index (χ1) is 13.5. The molecule has 1 aliphatic heterocycles. The number of hydrogen-bond donors (Lipinski definition) is 1. The Morgan fingerprint density at radius 1 is 1.07 bits per heavy atom. The molecule has 1 unspecified atom stereocenters. The number of benzene rings is 2. The van der Waals surface area contributed by atoms with Gasteiger partial charge in [-0.05, 0) is 47.9 Å². The monoisotopic (exact) mass is 392 g/mol. The number of rotatable bonds is 7. The van der Waals surface area contributed by atoms with Gasteiger partial charge in [-0.1, -0.05) is 12.1 Å². The van der Waals surface area contributed by atoms with Gasteiger partial charge in [0.25, 0.3) is 0 Å². The second kappa shape index (κ2) is 9.71. The molecule has 1 N–H and O–H groups in total. The summed E-state index contributed by atoms with van der Waals surface area (Å²) in [5, 5.41) is 2.84. The molecule has 7 heteroatoms. The van der Waals surface area contributed by atoms with Crippen molar-refractivity contribution in [1.82, 2.24) is 10.2 Å². The highest BCUT2D eigenvalue weighted by atomic mass is 19.1. The van der Waals surface area contributed by atoms with Gasteiger partial charge in [-0.3, -0.25) is 9.69 Å². The molecule has 0 saturated carbocycles. The highest BCUT2D eigenvalue weighted by Crippen LogP contribution is 2.22. The smallest absolute Gasteiger partial charge is 0.220 e. The molecule has 1 aliphatic rings. The van der Waals surface area contributed by atoms with E-state index in [0.29, 0.717) is 32.8 Å². The largest absolute Gasteiger partial charge is 0.379 e. The topological polar surface area (TPSA) is 41.6 Å². The van der Waals surface area contributed by atoms with Gasteiger partial charge in [0, 0.05) is 26.1 Å². The standard InChI is InChI=1S/C21H23F3N2O2/c22-17-3-1-2-16(13-17)20(26-8-10-28-11-9-26)14-25-21(27)7-4-15-12-18(23)5-6-19(15)24/h1-3,5-6,12-13,20H,4,7-11,14H2,(H,25,27). The van der Waals surface area contributed by atoms with E-state index in [1.165, 1.54) is 12.1 Å². The van der Waals surface area contributed by atoms with Crippen LogP contribution in [-0.2, 0) is 16.0 Å². The summed E-state index contributed by atoms with van der Waals surface area (Å²) in [4.78, 5) is 14.4. The quantitative estimate of drug-likeness (QED) is 0.787. The Morgan fingerprint density at radius 2 is 1.82 bits per heavy atom. The third-order valence-corrected chi connectivity index (χ3v) is 4.84. The van der Waals surface area contributed by atoms with E-state index < -0.39 is 11.6 Å². The minimum absolute atomic E-state index is 0.0410. The van der Waals surface area contributed by atoms with E-state index in [1.807, 2.05) is 6.07 Å². The molecular formula is C21H23F3N2O2. The van der Waals surface area contributed by atoms with Crippen molar-refractivity contribution in [3.8, 4) is 0 Å². The first kappa shape index (κ1) is 20.4. The average Bonchev–Trinajstić information content (AvgIpc) is 2.70. The van der Waals surface area contributed by atoms with Crippen LogP contribution in [0.2, 0.25) is 0 Å². The summed E-state index contributed by atoms with van der Waals surface area (Å²) in [5.74, 6) is -1.66. The SMILES string of the molecule is O=C(CCc1cc(F)ccc1F)NCC(c1cccc(F)c1)N1CCOCC1. The number of carbonyl (C=O) groups is 1. The number of nitrogens with zero attached hydrogens (tertiary/aromatic N) is 1. The van der Waals surface area contributed by atoms with Crippen LogP contribution in [0.4, 0.5) is 13.2 Å². The van der Waals surface area contributed by atoms with Crippen molar-refractivity contribution in [3.63, 3.8) is 0 Å². The van der Waals surface area contributed by atoms with E-state index in [0.717, 1.165) is 23.8 Å². The highest BCUT2D eigenvalue weighted by Gasteiger charge is 2.23. The summed E-state index contributed by atoms with van der Waals surface area (Å²) in [7, 11) is 0. The molecule has 1 fully saturated rings. The number of amides is 1. The lowest BCUT2D eigenvalue weighted by Crippen LogP contribution is -2.43. The maximum Gasteiger partial charge on any atom is 0.220 e. The van der Waals surface area contributed by atoms with Crippen LogP contribution in [0.25, 0.3) is 0 Å². The molecule has 2 aromatic rings. The van der Waals surface area contributed by atoms with Crippen LogP contribution in [-0.4, -0.2) is 43.7 Å². The first-order valence-electron chi connectivity index (χ1n) is 9.31. The van der Waals surface area contributed by atoms with E-state index in [2.05, 4.69) is 10.2 Å². The highest BCUT2D eigenvalue weighted by molar-refractivity contribution is 5.76. The Kier molecular flexibility index (Phi) is 7.06. The van der Waals surface area contributed by atoms with Crippen LogP contribution in [0.3, 0.4) is 0 Å². The van der Waals surface area contributed by atoms with Crippen LogP contribution in [0.15, 0.2) is 42.5 Å². The van der Waals surface area contributed by atoms with Gasteiger partial charge in [0.2, 0.25) is 5.91 Å². The maximum absolute atomic E-state index is 13.7. The summed E-state index contributed by atoms with van der Waals surface area (Å²) in [6, 6.07) is 9.34. The van der Waals surface area contributed by atoms with E-state index in [4.69, 9.17) is 4.74 Å². The van der Waals surface area contributed by atoms with Crippen molar-refractivity contribution in [2.75, 3.05) is 32.8 Å². The average molecular weight is 392 g/mol. The molecule has 0 aliphatic carbocycles. The molecule has 28 heavy (non-hydrogen) atoms. The number of halogens is 3. The molecule has 4 nitrogen and oxygen atoms in total. The Bertz CT molecular complexity index is 810. The third-order valence-electron chi connectivity index (χ3n) is 4.84. The summed E-state index contributed by atoms with van der Waals surface area (Å²) in [6.07, 6.45) is 0.150. The van der Waals surface area contributed by atoms with Crippen molar-refractivity contribution in [2.45, 2.75) is 18.9 Å². The normalized spacial score (nSPS) is 16.0. The molecule has 1 atom stereocenters. The van der Waals surface area contributed by atoms with Gasteiger partial charge in [-0.15, -0.1) is 0 Å². The molecule has 0 spiro atoms. The van der Waals surface area contributed by atoms with Crippen LogP contribution in [0, 0.1) is 17.5 Å². The molecule has 0 aromatic heterocycles. The van der Waals surface area contributed by atoms with Crippen LogP contribution < -0.4 is 5.32 Å². The number of carbonyl (C=O) groups excluding carboxylic acids is 1. The molecule has 2 aromatic carbocycles. The second-order valence-electron chi connectivity index (χ2n) is 6.76.